The molecule has 0 saturated heterocycles. The van der Waals surface area contributed by atoms with E-state index in [-0.39, 0.29) is 6.23 Å². The van der Waals surface area contributed by atoms with E-state index in [1.54, 1.807) is 21.3 Å². The van der Waals surface area contributed by atoms with Crippen LogP contribution in [0.4, 0.5) is 0 Å². The first-order valence-electron chi connectivity index (χ1n) is 5.94. The Balaban J connectivity index is 4.73. The summed E-state index contributed by atoms with van der Waals surface area (Å²) in [4.78, 5) is 2.23. The molecule has 0 aliphatic heterocycles. The van der Waals surface area contributed by atoms with Gasteiger partial charge in [-0.25, -0.2) is 0 Å². The highest BCUT2D eigenvalue weighted by Crippen LogP contribution is 2.17. The van der Waals surface area contributed by atoms with E-state index < -0.39 is 9.05 Å². The third-order valence-electron chi connectivity index (χ3n) is 2.68. The van der Waals surface area contributed by atoms with Crippen LogP contribution in [-0.2, 0) is 17.7 Å². The molecule has 17 heavy (non-hydrogen) atoms. The van der Waals surface area contributed by atoms with E-state index >= 15 is 0 Å². The molecule has 1 unspecified atom stereocenters. The zero-order chi connectivity index (χ0) is 13.6. The van der Waals surface area contributed by atoms with Crippen molar-refractivity contribution in [2.24, 2.45) is 0 Å². The topological polar surface area (TPSA) is 40.2 Å². The van der Waals surface area contributed by atoms with E-state index in [0.29, 0.717) is 12.1 Å². The van der Waals surface area contributed by atoms with Gasteiger partial charge in [-0.05, 0) is 34.6 Å². The third kappa shape index (κ3) is 4.65. The second-order valence-corrected chi connectivity index (χ2v) is 6.92. The summed E-state index contributed by atoms with van der Waals surface area (Å²) in [6, 6.07) is 0.754. The fourth-order valence-corrected chi connectivity index (χ4v) is 3.43. The molecule has 5 nitrogen and oxygen atoms in total. The van der Waals surface area contributed by atoms with Crippen LogP contribution >= 0.6 is 0 Å². The summed E-state index contributed by atoms with van der Waals surface area (Å²) in [6.07, 6.45) is -0.124. The van der Waals surface area contributed by atoms with Crippen molar-refractivity contribution in [1.29, 1.82) is 0 Å². The van der Waals surface area contributed by atoms with Crippen LogP contribution in [-0.4, -0.2) is 53.6 Å². The molecule has 1 atom stereocenters. The molecule has 0 fully saturated rings. The lowest BCUT2D eigenvalue weighted by Gasteiger charge is -2.38. The Bertz CT molecular complexity index is 193. The van der Waals surface area contributed by atoms with Crippen molar-refractivity contribution < 1.29 is 17.7 Å². The van der Waals surface area contributed by atoms with Gasteiger partial charge in [-0.3, -0.25) is 4.90 Å². The van der Waals surface area contributed by atoms with Crippen LogP contribution in [0.5, 0.6) is 0 Å². The fraction of sp³-hybridized carbons (Fsp3) is 1.00. The highest BCUT2D eigenvalue weighted by molar-refractivity contribution is 6.53. The lowest BCUT2D eigenvalue weighted by molar-refractivity contribution is -0.0884. The SMILES string of the molecule is CO[Si](OC)(OC)OC(C)N(C(C)C)C(C)C. The van der Waals surface area contributed by atoms with Gasteiger partial charge in [0.25, 0.3) is 0 Å². The molecule has 0 spiro atoms. The molecule has 0 aliphatic rings. The lowest BCUT2D eigenvalue weighted by Crippen LogP contribution is -2.55. The van der Waals surface area contributed by atoms with Crippen LogP contribution in [0.15, 0.2) is 0 Å². The monoisotopic (exact) mass is 265 g/mol. The van der Waals surface area contributed by atoms with E-state index in [1.165, 1.54) is 0 Å². The van der Waals surface area contributed by atoms with Crippen molar-refractivity contribution in [3.8, 4) is 0 Å². The first kappa shape index (κ1) is 17.0. The van der Waals surface area contributed by atoms with Gasteiger partial charge in [-0.15, -0.1) is 0 Å². The summed E-state index contributed by atoms with van der Waals surface area (Å²) >= 11 is 0. The summed E-state index contributed by atoms with van der Waals surface area (Å²) in [5.41, 5.74) is 0. The summed E-state index contributed by atoms with van der Waals surface area (Å²) in [5.74, 6) is 0. The Morgan fingerprint density at radius 3 is 1.35 bits per heavy atom. The average Bonchev–Trinajstić information content (AvgIpc) is 2.25. The predicted molar refractivity (Wildman–Crippen MR) is 69.4 cm³/mol. The highest BCUT2D eigenvalue weighted by Gasteiger charge is 2.45. The van der Waals surface area contributed by atoms with E-state index in [1.807, 2.05) is 6.92 Å². The minimum atomic E-state index is -2.98. The van der Waals surface area contributed by atoms with Gasteiger partial charge >= 0.3 is 9.05 Å². The standard InChI is InChI=1S/C11H27NO4Si/c1-9(2)12(10(3)4)11(5)16-17(13-6,14-7)15-8/h9-11H,1-8H3. The fourth-order valence-electron chi connectivity index (χ4n) is 2.10. The van der Waals surface area contributed by atoms with Crippen LogP contribution in [0.25, 0.3) is 0 Å². The van der Waals surface area contributed by atoms with Crippen molar-refractivity contribution >= 4 is 9.05 Å². The van der Waals surface area contributed by atoms with Gasteiger partial charge in [-0.1, -0.05) is 0 Å². The zero-order valence-corrected chi connectivity index (χ0v) is 13.3. The summed E-state index contributed by atoms with van der Waals surface area (Å²) < 4.78 is 21.7. The van der Waals surface area contributed by atoms with Gasteiger partial charge in [0, 0.05) is 33.4 Å². The smallest absolute Gasteiger partial charge is 0.355 e. The molecular formula is C11H27NO4Si. The van der Waals surface area contributed by atoms with Crippen molar-refractivity contribution in [3.05, 3.63) is 0 Å². The third-order valence-corrected chi connectivity index (χ3v) is 4.81. The van der Waals surface area contributed by atoms with Crippen molar-refractivity contribution in [3.63, 3.8) is 0 Å². The number of nitrogens with zero attached hydrogens (tertiary/aromatic N) is 1. The molecule has 0 aromatic carbocycles. The summed E-state index contributed by atoms with van der Waals surface area (Å²) in [7, 11) is 1.65. The van der Waals surface area contributed by atoms with Gasteiger partial charge in [0.05, 0.1) is 0 Å². The number of hydrogen-bond donors (Lipinski definition) is 0. The lowest BCUT2D eigenvalue weighted by atomic mass is 10.2. The molecule has 0 rings (SSSR count). The van der Waals surface area contributed by atoms with Crippen LogP contribution in [0.2, 0.25) is 0 Å². The van der Waals surface area contributed by atoms with E-state index in [9.17, 15) is 0 Å². The molecule has 0 N–H and O–H groups in total. The van der Waals surface area contributed by atoms with Crippen molar-refractivity contribution in [1.82, 2.24) is 4.90 Å². The van der Waals surface area contributed by atoms with Gasteiger partial charge < -0.3 is 17.7 Å². The normalized spacial score (nSPS) is 15.0. The van der Waals surface area contributed by atoms with Crippen molar-refractivity contribution in [2.45, 2.75) is 52.9 Å². The van der Waals surface area contributed by atoms with Crippen molar-refractivity contribution in [2.75, 3.05) is 21.3 Å². The Morgan fingerprint density at radius 2 is 1.12 bits per heavy atom. The quantitative estimate of drug-likeness (QED) is 0.495. The Kier molecular flexibility index (Phi) is 7.46. The molecule has 0 heterocycles. The molecule has 0 amide bonds. The van der Waals surface area contributed by atoms with E-state index in [0.717, 1.165) is 0 Å². The Labute approximate surface area is 106 Å². The summed E-state index contributed by atoms with van der Waals surface area (Å²) in [6.45, 7) is 10.5. The van der Waals surface area contributed by atoms with Crippen LogP contribution in [0.1, 0.15) is 34.6 Å². The minimum absolute atomic E-state index is 0.124. The maximum absolute atomic E-state index is 5.87. The van der Waals surface area contributed by atoms with E-state index in [2.05, 4.69) is 32.6 Å². The van der Waals surface area contributed by atoms with Gasteiger partial charge in [0.2, 0.25) is 0 Å². The van der Waals surface area contributed by atoms with E-state index in [4.69, 9.17) is 17.7 Å². The van der Waals surface area contributed by atoms with Crippen LogP contribution < -0.4 is 0 Å². The molecule has 6 heteroatoms. The van der Waals surface area contributed by atoms with Gasteiger partial charge in [-0.2, -0.15) is 0 Å². The second kappa shape index (κ2) is 7.45. The first-order chi connectivity index (χ1) is 7.83. The largest absolute Gasteiger partial charge is 0.680 e. The molecule has 0 aliphatic carbocycles. The predicted octanol–water partition coefficient (Wildman–Crippen LogP) is 1.84. The molecular weight excluding hydrogens is 238 g/mol. The molecule has 0 aromatic heterocycles. The molecule has 0 saturated carbocycles. The highest BCUT2D eigenvalue weighted by atomic mass is 28.4. The summed E-state index contributed by atoms with van der Waals surface area (Å²) in [5, 5.41) is 0. The average molecular weight is 265 g/mol. The maximum Gasteiger partial charge on any atom is 0.680 e. The zero-order valence-electron chi connectivity index (χ0n) is 12.3. The Hall–Kier alpha value is 0.0169. The molecule has 0 radical (unpaired) electrons. The molecule has 0 bridgehead atoms. The Morgan fingerprint density at radius 1 is 0.765 bits per heavy atom. The maximum atomic E-state index is 5.87. The minimum Gasteiger partial charge on any atom is -0.355 e. The second-order valence-electron chi connectivity index (χ2n) is 4.46. The molecule has 104 valence electrons. The molecule has 0 aromatic rings. The van der Waals surface area contributed by atoms with Crippen LogP contribution in [0.3, 0.4) is 0 Å². The number of rotatable bonds is 8. The van der Waals surface area contributed by atoms with Gasteiger partial charge in [0.15, 0.2) is 0 Å². The number of hydrogen-bond acceptors (Lipinski definition) is 5. The first-order valence-corrected chi connectivity index (χ1v) is 7.57. The van der Waals surface area contributed by atoms with Crippen LogP contribution in [0, 0.1) is 0 Å². The van der Waals surface area contributed by atoms with Gasteiger partial charge in [0.1, 0.15) is 6.23 Å².